The number of fused-ring (bicyclic) bond motifs is 3. The molecule has 2 heterocycles. The molecule has 4 nitrogen and oxygen atoms in total. The third kappa shape index (κ3) is 2.67. The fourth-order valence-electron chi connectivity index (χ4n) is 2.94. The monoisotopic (exact) mass is 335 g/mol. The van der Waals surface area contributed by atoms with E-state index in [9.17, 15) is 4.79 Å². The minimum Gasteiger partial charge on any atom is -0.349 e. The van der Waals surface area contributed by atoms with E-state index in [0.29, 0.717) is 6.42 Å². The number of amides is 1. The summed E-state index contributed by atoms with van der Waals surface area (Å²) in [5.74, 6) is 0.0174. The first-order valence-electron chi connectivity index (χ1n) is 7.90. The van der Waals surface area contributed by atoms with Crippen LogP contribution in [0.4, 0.5) is 0 Å². The van der Waals surface area contributed by atoms with Crippen molar-refractivity contribution in [2.75, 3.05) is 0 Å². The summed E-state index contributed by atoms with van der Waals surface area (Å²) in [6.45, 7) is 2.00. The summed E-state index contributed by atoms with van der Waals surface area (Å²) in [7, 11) is 0. The van der Waals surface area contributed by atoms with Crippen molar-refractivity contribution in [3.05, 3.63) is 71.2 Å². The molecule has 4 rings (SSSR count). The Morgan fingerprint density at radius 1 is 1.17 bits per heavy atom. The van der Waals surface area contributed by atoms with Crippen LogP contribution < -0.4 is 5.32 Å². The SMILES string of the molecule is C[C@@H](NC(=O)Cc1csc2nc3ccccc3n12)c1ccccc1. The summed E-state index contributed by atoms with van der Waals surface area (Å²) in [5, 5.41) is 5.09. The van der Waals surface area contributed by atoms with Crippen LogP contribution in [-0.4, -0.2) is 15.3 Å². The molecule has 0 unspecified atom stereocenters. The molecule has 4 aromatic rings. The van der Waals surface area contributed by atoms with E-state index in [1.807, 2.05) is 66.9 Å². The van der Waals surface area contributed by atoms with Crippen LogP contribution in [0, 0.1) is 0 Å². The summed E-state index contributed by atoms with van der Waals surface area (Å²) in [6, 6.07) is 18.0. The number of para-hydroxylation sites is 2. The van der Waals surface area contributed by atoms with Crippen LogP contribution in [0.15, 0.2) is 60.0 Å². The maximum absolute atomic E-state index is 12.5. The second-order valence-electron chi connectivity index (χ2n) is 5.82. The van der Waals surface area contributed by atoms with Crippen molar-refractivity contribution in [1.82, 2.24) is 14.7 Å². The number of rotatable bonds is 4. The topological polar surface area (TPSA) is 46.4 Å². The molecule has 2 aromatic heterocycles. The molecule has 1 N–H and O–H groups in total. The van der Waals surface area contributed by atoms with Gasteiger partial charge in [-0.2, -0.15) is 0 Å². The average molecular weight is 335 g/mol. The second kappa shape index (κ2) is 6.09. The predicted molar refractivity (Wildman–Crippen MR) is 97.3 cm³/mol. The molecule has 1 amide bonds. The summed E-state index contributed by atoms with van der Waals surface area (Å²) in [5.41, 5.74) is 4.09. The molecule has 0 radical (unpaired) electrons. The van der Waals surface area contributed by atoms with E-state index in [2.05, 4.69) is 14.7 Å². The molecule has 0 spiro atoms. The van der Waals surface area contributed by atoms with Gasteiger partial charge in [-0.05, 0) is 24.6 Å². The van der Waals surface area contributed by atoms with Crippen molar-refractivity contribution in [1.29, 1.82) is 0 Å². The van der Waals surface area contributed by atoms with Gasteiger partial charge < -0.3 is 5.32 Å². The van der Waals surface area contributed by atoms with Crippen LogP contribution in [0.2, 0.25) is 0 Å². The van der Waals surface area contributed by atoms with E-state index >= 15 is 0 Å². The molecule has 24 heavy (non-hydrogen) atoms. The highest BCUT2D eigenvalue weighted by Crippen LogP contribution is 2.24. The van der Waals surface area contributed by atoms with Crippen LogP contribution in [0.3, 0.4) is 0 Å². The number of nitrogens with zero attached hydrogens (tertiary/aromatic N) is 2. The Bertz CT molecular complexity index is 1000. The molecule has 0 saturated carbocycles. The number of aromatic nitrogens is 2. The number of nitrogens with one attached hydrogen (secondary N) is 1. The Kier molecular flexibility index (Phi) is 3.78. The zero-order chi connectivity index (χ0) is 16.5. The van der Waals surface area contributed by atoms with Crippen LogP contribution in [0.5, 0.6) is 0 Å². The lowest BCUT2D eigenvalue weighted by Gasteiger charge is -2.14. The molecule has 0 fully saturated rings. The maximum Gasteiger partial charge on any atom is 0.226 e. The van der Waals surface area contributed by atoms with Crippen LogP contribution in [0.25, 0.3) is 16.0 Å². The standard InChI is InChI=1S/C19H17N3OS/c1-13(14-7-3-2-4-8-14)20-18(23)11-15-12-24-19-21-16-9-5-6-10-17(16)22(15)19/h2-10,12-13H,11H2,1H3,(H,20,23)/t13-/m1/s1. The number of carbonyl (C=O) groups excluding carboxylic acids is 1. The van der Waals surface area contributed by atoms with Crippen molar-refractivity contribution in [2.45, 2.75) is 19.4 Å². The lowest BCUT2D eigenvalue weighted by atomic mass is 10.1. The van der Waals surface area contributed by atoms with E-state index in [0.717, 1.165) is 27.3 Å². The van der Waals surface area contributed by atoms with Gasteiger partial charge in [-0.1, -0.05) is 42.5 Å². The Morgan fingerprint density at radius 2 is 1.92 bits per heavy atom. The molecule has 0 bridgehead atoms. The first-order valence-corrected chi connectivity index (χ1v) is 8.78. The summed E-state index contributed by atoms with van der Waals surface area (Å²) in [6.07, 6.45) is 0.345. The minimum atomic E-state index is -0.00708. The van der Waals surface area contributed by atoms with Gasteiger partial charge in [-0.15, -0.1) is 11.3 Å². The number of hydrogen-bond donors (Lipinski definition) is 1. The fourth-order valence-corrected chi connectivity index (χ4v) is 3.84. The highest BCUT2D eigenvalue weighted by Gasteiger charge is 2.15. The lowest BCUT2D eigenvalue weighted by Crippen LogP contribution is -2.28. The third-order valence-corrected chi connectivity index (χ3v) is 5.01. The van der Waals surface area contributed by atoms with Crippen molar-refractivity contribution in [2.24, 2.45) is 0 Å². The van der Waals surface area contributed by atoms with Gasteiger partial charge in [0, 0.05) is 11.1 Å². The second-order valence-corrected chi connectivity index (χ2v) is 6.66. The minimum absolute atomic E-state index is 0.00708. The van der Waals surface area contributed by atoms with E-state index in [1.165, 1.54) is 0 Å². The smallest absolute Gasteiger partial charge is 0.226 e. The number of imidazole rings is 1. The molecule has 0 saturated heterocycles. The van der Waals surface area contributed by atoms with E-state index in [1.54, 1.807) is 11.3 Å². The number of benzene rings is 2. The van der Waals surface area contributed by atoms with Crippen molar-refractivity contribution >= 4 is 33.2 Å². The molecule has 5 heteroatoms. The number of carbonyl (C=O) groups is 1. The average Bonchev–Trinajstić information content (AvgIpc) is 3.15. The molecule has 0 aliphatic carbocycles. The molecule has 1 atom stereocenters. The number of thiazole rings is 1. The van der Waals surface area contributed by atoms with E-state index < -0.39 is 0 Å². The Labute approximate surface area is 143 Å². The molecule has 120 valence electrons. The Hall–Kier alpha value is -2.66. The van der Waals surface area contributed by atoms with E-state index in [-0.39, 0.29) is 11.9 Å². The van der Waals surface area contributed by atoms with Crippen molar-refractivity contribution in [3.8, 4) is 0 Å². The lowest BCUT2D eigenvalue weighted by molar-refractivity contribution is -0.121. The first kappa shape index (κ1) is 14.9. The van der Waals surface area contributed by atoms with Crippen molar-refractivity contribution < 1.29 is 4.79 Å². The van der Waals surface area contributed by atoms with Gasteiger partial charge >= 0.3 is 0 Å². The van der Waals surface area contributed by atoms with Gasteiger partial charge in [0.1, 0.15) is 0 Å². The van der Waals surface area contributed by atoms with Gasteiger partial charge in [0.05, 0.1) is 23.5 Å². The predicted octanol–water partition coefficient (Wildman–Crippen LogP) is 3.97. The Morgan fingerprint density at radius 3 is 2.75 bits per heavy atom. The highest BCUT2D eigenvalue weighted by atomic mass is 32.1. The van der Waals surface area contributed by atoms with Gasteiger partial charge in [0.15, 0.2) is 4.96 Å². The summed E-state index contributed by atoms with van der Waals surface area (Å²) < 4.78 is 2.08. The van der Waals surface area contributed by atoms with Gasteiger partial charge in [-0.25, -0.2) is 4.98 Å². The molecule has 0 aliphatic heterocycles. The first-order chi connectivity index (χ1) is 11.7. The van der Waals surface area contributed by atoms with Gasteiger partial charge in [0.2, 0.25) is 5.91 Å². The van der Waals surface area contributed by atoms with E-state index in [4.69, 9.17) is 0 Å². The maximum atomic E-state index is 12.5. The molecule has 0 aliphatic rings. The number of hydrogen-bond acceptors (Lipinski definition) is 3. The third-order valence-electron chi connectivity index (χ3n) is 4.14. The van der Waals surface area contributed by atoms with Gasteiger partial charge in [-0.3, -0.25) is 9.20 Å². The largest absolute Gasteiger partial charge is 0.349 e. The van der Waals surface area contributed by atoms with Gasteiger partial charge in [0.25, 0.3) is 0 Å². The quantitative estimate of drug-likeness (QED) is 0.613. The summed E-state index contributed by atoms with van der Waals surface area (Å²) in [4.78, 5) is 18.0. The molecular weight excluding hydrogens is 318 g/mol. The highest BCUT2D eigenvalue weighted by molar-refractivity contribution is 7.15. The Balaban J connectivity index is 1.57. The van der Waals surface area contributed by atoms with Crippen molar-refractivity contribution in [3.63, 3.8) is 0 Å². The molecular formula is C19H17N3OS. The fraction of sp³-hybridized carbons (Fsp3) is 0.158. The molecule has 2 aromatic carbocycles. The zero-order valence-electron chi connectivity index (χ0n) is 13.3. The van der Waals surface area contributed by atoms with Crippen LogP contribution in [0.1, 0.15) is 24.2 Å². The van der Waals surface area contributed by atoms with Crippen LogP contribution >= 0.6 is 11.3 Å². The zero-order valence-corrected chi connectivity index (χ0v) is 14.1. The normalized spacial score (nSPS) is 12.5. The van der Waals surface area contributed by atoms with Crippen LogP contribution in [-0.2, 0) is 11.2 Å². The summed E-state index contributed by atoms with van der Waals surface area (Å²) >= 11 is 1.57.